The Morgan fingerprint density at radius 2 is 1.90 bits per heavy atom. The van der Waals surface area contributed by atoms with E-state index in [2.05, 4.69) is 48.3 Å². The second kappa shape index (κ2) is 7.43. The number of aromatic nitrogens is 2. The Bertz CT molecular complexity index is 418. The van der Waals surface area contributed by atoms with E-state index >= 15 is 0 Å². The molecule has 0 aromatic carbocycles. The average molecular weight is 280 g/mol. The molecule has 0 aliphatic rings. The van der Waals surface area contributed by atoms with Crippen LogP contribution in [0.1, 0.15) is 45.9 Å². The fourth-order valence-electron chi connectivity index (χ4n) is 1.74. The highest BCUT2D eigenvalue weighted by atomic mass is 16.5. The minimum Gasteiger partial charge on any atom is -0.385 e. The van der Waals surface area contributed by atoms with Crippen molar-refractivity contribution in [2.45, 2.75) is 40.0 Å². The molecule has 1 aromatic rings. The van der Waals surface area contributed by atoms with Gasteiger partial charge in [0.1, 0.15) is 17.5 Å². The van der Waals surface area contributed by atoms with Gasteiger partial charge in [0.2, 0.25) is 0 Å². The second-order valence-electron chi connectivity index (χ2n) is 6.16. The quantitative estimate of drug-likeness (QED) is 0.766. The van der Waals surface area contributed by atoms with Gasteiger partial charge in [-0.1, -0.05) is 27.7 Å². The van der Waals surface area contributed by atoms with Crippen LogP contribution in [0.2, 0.25) is 0 Å². The Kier molecular flexibility index (Phi) is 6.20. The molecular weight excluding hydrogens is 252 g/mol. The van der Waals surface area contributed by atoms with Crippen LogP contribution in [0, 0.1) is 5.41 Å². The molecule has 5 nitrogen and oxygen atoms in total. The van der Waals surface area contributed by atoms with Crippen molar-refractivity contribution in [2.24, 2.45) is 5.41 Å². The number of rotatable bonds is 8. The lowest BCUT2D eigenvalue weighted by Crippen LogP contribution is -2.25. The standard InChI is InChI=1S/C15H28N4O/c1-11(2)14-18-12(16-5)9-13(19-14)17-10-15(3,4)7-8-20-6/h9,11H,7-8,10H2,1-6H3,(H2,16,17,18,19). The maximum atomic E-state index is 5.15. The van der Waals surface area contributed by atoms with E-state index in [1.165, 1.54) is 0 Å². The minimum atomic E-state index is 0.165. The maximum absolute atomic E-state index is 5.15. The SMILES string of the molecule is CNc1cc(NCC(C)(C)CCOC)nc(C(C)C)n1. The molecule has 0 amide bonds. The zero-order valence-electron chi connectivity index (χ0n) is 13.6. The van der Waals surface area contributed by atoms with Crippen LogP contribution >= 0.6 is 0 Å². The zero-order valence-corrected chi connectivity index (χ0v) is 13.6. The summed E-state index contributed by atoms with van der Waals surface area (Å²) < 4.78 is 5.15. The van der Waals surface area contributed by atoms with E-state index in [1.807, 2.05) is 13.1 Å². The van der Waals surface area contributed by atoms with Gasteiger partial charge in [-0.15, -0.1) is 0 Å². The van der Waals surface area contributed by atoms with Crippen LogP contribution in [0.5, 0.6) is 0 Å². The molecule has 0 aliphatic heterocycles. The third kappa shape index (κ3) is 5.33. The Balaban J connectivity index is 2.74. The highest BCUT2D eigenvalue weighted by molar-refractivity contribution is 5.47. The van der Waals surface area contributed by atoms with Crippen molar-refractivity contribution in [3.8, 4) is 0 Å². The summed E-state index contributed by atoms with van der Waals surface area (Å²) in [5.74, 6) is 2.89. The number of methoxy groups -OCH3 is 1. The zero-order chi connectivity index (χ0) is 15.2. The molecule has 0 aliphatic carbocycles. The van der Waals surface area contributed by atoms with Gasteiger partial charge in [0.15, 0.2) is 0 Å². The first-order valence-electron chi connectivity index (χ1n) is 7.17. The first-order valence-corrected chi connectivity index (χ1v) is 7.17. The summed E-state index contributed by atoms with van der Waals surface area (Å²) in [6.07, 6.45) is 1.01. The summed E-state index contributed by atoms with van der Waals surface area (Å²) in [6.45, 7) is 10.3. The number of nitrogens with one attached hydrogen (secondary N) is 2. The van der Waals surface area contributed by atoms with E-state index in [9.17, 15) is 0 Å². The van der Waals surface area contributed by atoms with Gasteiger partial charge in [0.05, 0.1) is 0 Å². The Morgan fingerprint density at radius 1 is 1.25 bits per heavy atom. The van der Waals surface area contributed by atoms with E-state index in [-0.39, 0.29) is 5.41 Å². The number of anilines is 2. The van der Waals surface area contributed by atoms with Gasteiger partial charge in [0, 0.05) is 39.3 Å². The van der Waals surface area contributed by atoms with Crippen molar-refractivity contribution in [3.63, 3.8) is 0 Å². The van der Waals surface area contributed by atoms with Crippen LogP contribution in [0.4, 0.5) is 11.6 Å². The first kappa shape index (κ1) is 16.7. The van der Waals surface area contributed by atoms with Crippen molar-refractivity contribution in [3.05, 3.63) is 11.9 Å². The number of hydrogen-bond acceptors (Lipinski definition) is 5. The summed E-state index contributed by atoms with van der Waals surface area (Å²) in [7, 11) is 3.61. The molecule has 0 bridgehead atoms. The molecule has 0 radical (unpaired) electrons. The third-order valence-corrected chi connectivity index (χ3v) is 3.25. The van der Waals surface area contributed by atoms with Gasteiger partial charge in [-0.25, -0.2) is 9.97 Å². The highest BCUT2D eigenvalue weighted by Crippen LogP contribution is 2.22. The molecule has 1 heterocycles. The molecule has 1 aromatic heterocycles. The largest absolute Gasteiger partial charge is 0.385 e. The predicted molar refractivity (Wildman–Crippen MR) is 84.4 cm³/mol. The van der Waals surface area contributed by atoms with E-state index in [0.29, 0.717) is 5.92 Å². The van der Waals surface area contributed by atoms with Gasteiger partial charge in [0.25, 0.3) is 0 Å². The van der Waals surface area contributed by atoms with Crippen molar-refractivity contribution in [2.75, 3.05) is 37.9 Å². The Labute approximate surface area is 122 Å². The molecule has 5 heteroatoms. The lowest BCUT2D eigenvalue weighted by atomic mass is 9.90. The maximum Gasteiger partial charge on any atom is 0.135 e. The molecule has 0 fully saturated rings. The minimum absolute atomic E-state index is 0.165. The van der Waals surface area contributed by atoms with E-state index < -0.39 is 0 Å². The Hall–Kier alpha value is -1.36. The lowest BCUT2D eigenvalue weighted by molar-refractivity contribution is 0.157. The van der Waals surface area contributed by atoms with Crippen LogP contribution in [-0.2, 0) is 4.74 Å². The number of nitrogens with zero attached hydrogens (tertiary/aromatic N) is 2. The molecule has 0 saturated heterocycles. The summed E-state index contributed by atoms with van der Waals surface area (Å²) in [5, 5.41) is 6.50. The van der Waals surface area contributed by atoms with E-state index in [1.54, 1.807) is 7.11 Å². The fourth-order valence-corrected chi connectivity index (χ4v) is 1.74. The van der Waals surface area contributed by atoms with Crippen LogP contribution in [0.3, 0.4) is 0 Å². The van der Waals surface area contributed by atoms with Gasteiger partial charge in [-0.3, -0.25) is 0 Å². The molecule has 0 spiro atoms. The highest BCUT2D eigenvalue weighted by Gasteiger charge is 2.18. The van der Waals surface area contributed by atoms with Gasteiger partial charge < -0.3 is 15.4 Å². The number of hydrogen-bond donors (Lipinski definition) is 2. The van der Waals surface area contributed by atoms with Crippen molar-refractivity contribution in [1.29, 1.82) is 0 Å². The lowest BCUT2D eigenvalue weighted by Gasteiger charge is -2.25. The molecule has 0 saturated carbocycles. The second-order valence-corrected chi connectivity index (χ2v) is 6.16. The summed E-state index contributed by atoms with van der Waals surface area (Å²) in [5.41, 5.74) is 0.165. The molecular formula is C15H28N4O. The van der Waals surface area contributed by atoms with Gasteiger partial charge >= 0.3 is 0 Å². The average Bonchev–Trinajstić information content (AvgIpc) is 2.42. The van der Waals surface area contributed by atoms with Crippen LogP contribution in [-0.4, -0.2) is 37.3 Å². The summed E-state index contributed by atoms with van der Waals surface area (Å²) in [6, 6.07) is 1.94. The van der Waals surface area contributed by atoms with Gasteiger partial charge in [-0.2, -0.15) is 0 Å². The van der Waals surface area contributed by atoms with E-state index in [4.69, 9.17) is 4.74 Å². The Morgan fingerprint density at radius 3 is 2.45 bits per heavy atom. The molecule has 20 heavy (non-hydrogen) atoms. The van der Waals surface area contributed by atoms with Crippen LogP contribution < -0.4 is 10.6 Å². The van der Waals surface area contributed by atoms with Crippen LogP contribution in [0.25, 0.3) is 0 Å². The first-order chi connectivity index (χ1) is 9.38. The predicted octanol–water partition coefficient (Wildman–Crippen LogP) is 3.12. The van der Waals surface area contributed by atoms with Crippen molar-refractivity contribution < 1.29 is 4.74 Å². The van der Waals surface area contributed by atoms with Crippen molar-refractivity contribution in [1.82, 2.24) is 9.97 Å². The topological polar surface area (TPSA) is 59.1 Å². The molecule has 2 N–H and O–H groups in total. The van der Waals surface area contributed by atoms with Gasteiger partial charge in [-0.05, 0) is 11.8 Å². The van der Waals surface area contributed by atoms with E-state index in [0.717, 1.165) is 37.0 Å². The number of ether oxygens (including phenoxy) is 1. The normalized spacial score (nSPS) is 11.8. The third-order valence-electron chi connectivity index (χ3n) is 3.25. The summed E-state index contributed by atoms with van der Waals surface area (Å²) >= 11 is 0. The fraction of sp³-hybridized carbons (Fsp3) is 0.733. The van der Waals surface area contributed by atoms with Crippen molar-refractivity contribution >= 4 is 11.6 Å². The smallest absolute Gasteiger partial charge is 0.135 e. The molecule has 0 unspecified atom stereocenters. The van der Waals surface area contributed by atoms with Crippen LogP contribution in [0.15, 0.2) is 6.07 Å². The molecule has 0 atom stereocenters. The molecule has 114 valence electrons. The summed E-state index contributed by atoms with van der Waals surface area (Å²) in [4.78, 5) is 9.03. The monoisotopic (exact) mass is 280 g/mol. The molecule has 1 rings (SSSR count).